The molecule has 0 radical (unpaired) electrons. The normalized spacial score (nSPS) is 10.9. The fraction of sp³-hybridized carbons (Fsp3) is 0.133. The molecular formula is C30H24Cl2N2O2S2. The van der Waals surface area contributed by atoms with Gasteiger partial charge in [-0.05, 0) is 79.6 Å². The maximum Gasteiger partial charge on any atom is 0.161 e. The van der Waals surface area contributed by atoms with Crippen molar-refractivity contribution in [1.29, 1.82) is 0 Å². The fourth-order valence-corrected chi connectivity index (χ4v) is 6.28. The maximum absolute atomic E-state index is 6.16. The van der Waals surface area contributed by atoms with Crippen molar-refractivity contribution in [2.24, 2.45) is 0 Å². The van der Waals surface area contributed by atoms with Gasteiger partial charge in [0.2, 0.25) is 0 Å². The van der Waals surface area contributed by atoms with Crippen molar-refractivity contribution in [3.63, 3.8) is 0 Å². The Balaban J connectivity index is 0.000000156. The summed E-state index contributed by atoms with van der Waals surface area (Å²) in [6, 6.07) is 23.9. The number of aryl methyl sites for hydroxylation is 2. The number of fused-ring (bicyclic) bond motifs is 2. The van der Waals surface area contributed by atoms with Crippen LogP contribution in [-0.2, 0) is 0 Å². The van der Waals surface area contributed by atoms with E-state index in [0.717, 1.165) is 36.3 Å². The summed E-state index contributed by atoms with van der Waals surface area (Å²) < 4.78 is 12.8. The molecule has 4 nitrogen and oxygen atoms in total. The summed E-state index contributed by atoms with van der Waals surface area (Å²) in [5.74, 6) is 1.39. The predicted molar refractivity (Wildman–Crippen MR) is 163 cm³/mol. The summed E-state index contributed by atoms with van der Waals surface area (Å²) in [6.07, 6.45) is 0. The van der Waals surface area contributed by atoms with Gasteiger partial charge in [-0.15, -0.1) is 22.7 Å². The lowest BCUT2D eigenvalue weighted by Crippen LogP contribution is -1.90. The van der Waals surface area contributed by atoms with Gasteiger partial charge in [0.15, 0.2) is 11.5 Å². The van der Waals surface area contributed by atoms with E-state index in [1.165, 1.54) is 21.4 Å². The van der Waals surface area contributed by atoms with E-state index < -0.39 is 0 Å². The summed E-state index contributed by atoms with van der Waals surface area (Å²) in [4.78, 5) is 9.25. The van der Waals surface area contributed by atoms with Gasteiger partial charge in [0, 0.05) is 16.1 Å². The Morgan fingerprint density at radius 2 is 1.37 bits per heavy atom. The molecule has 192 valence electrons. The Bertz CT molecular complexity index is 1760. The zero-order valence-electron chi connectivity index (χ0n) is 21.2. The zero-order chi connectivity index (χ0) is 26.8. The van der Waals surface area contributed by atoms with Crippen LogP contribution in [0.5, 0.6) is 11.5 Å². The van der Waals surface area contributed by atoms with Crippen LogP contribution < -0.4 is 9.47 Å². The second-order valence-electron chi connectivity index (χ2n) is 8.61. The van der Waals surface area contributed by atoms with E-state index in [9.17, 15) is 0 Å². The van der Waals surface area contributed by atoms with Crippen molar-refractivity contribution >= 4 is 66.3 Å². The molecule has 38 heavy (non-hydrogen) atoms. The molecule has 0 saturated heterocycles. The van der Waals surface area contributed by atoms with Gasteiger partial charge in [-0.25, -0.2) is 9.97 Å². The third kappa shape index (κ3) is 5.49. The van der Waals surface area contributed by atoms with Crippen LogP contribution in [0, 0.1) is 13.8 Å². The van der Waals surface area contributed by atoms with E-state index in [4.69, 9.17) is 32.7 Å². The van der Waals surface area contributed by atoms with Crippen molar-refractivity contribution in [3.05, 3.63) is 94.0 Å². The number of hydrogen-bond acceptors (Lipinski definition) is 6. The average Bonchev–Trinajstić information content (AvgIpc) is 3.55. The molecule has 0 atom stereocenters. The minimum absolute atomic E-state index is 0.672. The first kappa shape index (κ1) is 26.4. The van der Waals surface area contributed by atoms with Crippen LogP contribution in [0.4, 0.5) is 0 Å². The third-order valence-corrected chi connectivity index (χ3v) is 8.80. The monoisotopic (exact) mass is 578 g/mol. The van der Waals surface area contributed by atoms with Crippen LogP contribution in [0.3, 0.4) is 0 Å². The molecule has 0 bridgehead atoms. The molecule has 2 aromatic heterocycles. The number of rotatable bonds is 4. The van der Waals surface area contributed by atoms with Crippen molar-refractivity contribution in [2.45, 2.75) is 13.8 Å². The van der Waals surface area contributed by atoms with E-state index in [0.29, 0.717) is 16.5 Å². The highest BCUT2D eigenvalue weighted by atomic mass is 35.5. The number of para-hydroxylation sites is 1. The number of thiazole rings is 2. The number of ether oxygens (including phenoxy) is 2. The quantitative estimate of drug-likeness (QED) is 0.209. The highest BCUT2D eigenvalue weighted by molar-refractivity contribution is 7.22. The maximum atomic E-state index is 6.16. The van der Waals surface area contributed by atoms with Crippen LogP contribution in [0.15, 0.2) is 72.8 Å². The molecule has 6 aromatic rings. The van der Waals surface area contributed by atoms with Crippen molar-refractivity contribution in [2.75, 3.05) is 14.2 Å². The first-order valence-electron chi connectivity index (χ1n) is 11.8. The second kappa shape index (κ2) is 11.3. The van der Waals surface area contributed by atoms with Crippen LogP contribution in [-0.4, -0.2) is 24.2 Å². The van der Waals surface area contributed by atoms with Crippen molar-refractivity contribution in [1.82, 2.24) is 9.97 Å². The Kier molecular flexibility index (Phi) is 7.86. The van der Waals surface area contributed by atoms with Crippen LogP contribution in [0.25, 0.3) is 41.6 Å². The van der Waals surface area contributed by atoms with Crippen LogP contribution in [0.1, 0.15) is 11.1 Å². The lowest BCUT2D eigenvalue weighted by Gasteiger charge is -2.08. The van der Waals surface area contributed by atoms with Crippen LogP contribution >= 0.6 is 45.9 Å². The van der Waals surface area contributed by atoms with Crippen molar-refractivity contribution < 1.29 is 9.47 Å². The van der Waals surface area contributed by atoms with E-state index in [1.54, 1.807) is 36.9 Å². The zero-order valence-corrected chi connectivity index (χ0v) is 24.4. The molecule has 0 fully saturated rings. The summed E-state index contributed by atoms with van der Waals surface area (Å²) >= 11 is 15.5. The molecule has 4 aromatic carbocycles. The lowest BCUT2D eigenvalue weighted by atomic mass is 10.1. The number of halogens is 2. The standard InChI is InChI=1S/C15H12ClNO2S.C15H12ClNS/c1-18-11-7-6-9(8-12(11)19-2)15-17-14-10(16)4-3-5-13(14)20-15;1-9-3-4-11(7-10(9)2)15-17-13-8-12(16)5-6-14(13)18-15/h3-8H,1-2H3;3-8H,1-2H3. The first-order valence-corrected chi connectivity index (χ1v) is 14.2. The number of methoxy groups -OCH3 is 2. The second-order valence-corrected chi connectivity index (χ2v) is 11.5. The van der Waals surface area contributed by atoms with Gasteiger partial charge in [-0.3, -0.25) is 0 Å². The first-order chi connectivity index (χ1) is 18.4. The molecule has 8 heteroatoms. The highest BCUT2D eigenvalue weighted by Crippen LogP contribution is 2.37. The summed E-state index contributed by atoms with van der Waals surface area (Å²) in [6.45, 7) is 4.25. The fourth-order valence-electron chi connectivity index (χ4n) is 3.91. The van der Waals surface area contributed by atoms with Gasteiger partial charge in [-0.1, -0.05) is 41.4 Å². The topological polar surface area (TPSA) is 44.2 Å². The molecule has 6 rings (SSSR count). The van der Waals surface area contributed by atoms with Gasteiger partial charge in [0.05, 0.1) is 34.2 Å². The minimum atomic E-state index is 0.672. The van der Waals surface area contributed by atoms with Gasteiger partial charge in [0.1, 0.15) is 15.5 Å². The molecule has 0 aliphatic heterocycles. The molecule has 0 aliphatic carbocycles. The number of hydrogen-bond donors (Lipinski definition) is 0. The summed E-state index contributed by atoms with van der Waals surface area (Å²) in [5.41, 5.74) is 6.58. The predicted octanol–water partition coefficient (Wildman–Crippen LogP) is 9.87. The Labute approximate surface area is 239 Å². The molecular weight excluding hydrogens is 555 g/mol. The van der Waals surface area contributed by atoms with Gasteiger partial charge >= 0.3 is 0 Å². The molecule has 0 aliphatic rings. The van der Waals surface area contributed by atoms with Crippen LogP contribution in [0.2, 0.25) is 10.0 Å². The van der Waals surface area contributed by atoms with E-state index in [-0.39, 0.29) is 0 Å². The highest BCUT2D eigenvalue weighted by Gasteiger charge is 2.12. The van der Waals surface area contributed by atoms with E-state index >= 15 is 0 Å². The van der Waals surface area contributed by atoms with Gasteiger partial charge in [-0.2, -0.15) is 0 Å². The van der Waals surface area contributed by atoms with E-state index in [1.807, 2.05) is 54.6 Å². The number of aromatic nitrogens is 2. The van der Waals surface area contributed by atoms with Crippen molar-refractivity contribution in [3.8, 4) is 32.6 Å². The third-order valence-electron chi connectivity index (χ3n) is 6.10. The van der Waals surface area contributed by atoms with Gasteiger partial charge < -0.3 is 9.47 Å². The summed E-state index contributed by atoms with van der Waals surface area (Å²) in [7, 11) is 3.24. The minimum Gasteiger partial charge on any atom is -0.493 e. The molecule has 0 N–H and O–H groups in total. The Morgan fingerprint density at radius 3 is 2.11 bits per heavy atom. The SMILES string of the molecule is COc1ccc(-c2nc3c(Cl)cccc3s2)cc1OC.Cc1ccc(-c2nc3cc(Cl)ccc3s2)cc1C. The number of benzene rings is 4. The smallest absolute Gasteiger partial charge is 0.161 e. The molecule has 0 unspecified atom stereocenters. The average molecular weight is 580 g/mol. The summed E-state index contributed by atoms with van der Waals surface area (Å²) in [5, 5.41) is 3.37. The lowest BCUT2D eigenvalue weighted by molar-refractivity contribution is 0.355. The van der Waals surface area contributed by atoms with Gasteiger partial charge in [0.25, 0.3) is 0 Å². The Hall–Kier alpha value is -3.16. The Morgan fingerprint density at radius 1 is 0.658 bits per heavy atom. The number of nitrogens with zero attached hydrogens (tertiary/aromatic N) is 2. The largest absolute Gasteiger partial charge is 0.493 e. The molecule has 2 heterocycles. The van der Waals surface area contributed by atoms with E-state index in [2.05, 4.69) is 42.0 Å². The molecule has 0 amide bonds. The molecule has 0 saturated carbocycles. The molecule has 0 spiro atoms.